The molecule has 108 valence electrons. The van der Waals surface area contributed by atoms with Gasteiger partial charge in [-0.25, -0.2) is 0 Å². The molecule has 0 saturated carbocycles. The summed E-state index contributed by atoms with van der Waals surface area (Å²) in [6, 6.07) is 2.87. The third-order valence-corrected chi connectivity index (χ3v) is 5.32. The Hall–Kier alpha value is -0.360. The highest BCUT2D eigenvalue weighted by molar-refractivity contribution is 9.10. The molecule has 8 heteroatoms. The summed E-state index contributed by atoms with van der Waals surface area (Å²) >= 11 is 3.07. The average molecular weight is 361 g/mol. The summed E-state index contributed by atoms with van der Waals surface area (Å²) in [5.41, 5.74) is -0.898. The van der Waals surface area contributed by atoms with Gasteiger partial charge in [-0.05, 0) is 48.0 Å². The van der Waals surface area contributed by atoms with Gasteiger partial charge in [0.15, 0.2) is 0 Å². The zero-order valence-electron chi connectivity index (χ0n) is 10.3. The number of benzene rings is 1. The molecule has 0 unspecified atom stereocenters. The van der Waals surface area contributed by atoms with Crippen LogP contribution in [0.1, 0.15) is 19.4 Å². The Kier molecular flexibility index (Phi) is 5.62. The highest BCUT2D eigenvalue weighted by Gasteiger charge is 2.35. The second-order valence-corrected chi connectivity index (χ2v) is 6.34. The van der Waals surface area contributed by atoms with Gasteiger partial charge in [0, 0.05) is 4.47 Å². The van der Waals surface area contributed by atoms with E-state index in [1.54, 1.807) is 13.8 Å². The van der Waals surface area contributed by atoms with Gasteiger partial charge in [0.05, 0.1) is 24.1 Å². The molecule has 0 aliphatic heterocycles. The Morgan fingerprint density at radius 1 is 1.21 bits per heavy atom. The maximum Gasteiger partial charge on any atom is 0.416 e. The van der Waals surface area contributed by atoms with Crippen LogP contribution in [-0.2, 0) is 19.8 Å². The van der Waals surface area contributed by atoms with Gasteiger partial charge in [-0.3, -0.25) is 4.57 Å². The Morgan fingerprint density at radius 3 is 2.16 bits per heavy atom. The number of hydrogen-bond acceptors (Lipinski definition) is 3. The number of hydrogen-bond donors (Lipinski definition) is 0. The molecule has 0 aliphatic carbocycles. The first kappa shape index (κ1) is 16.7. The van der Waals surface area contributed by atoms with Crippen LogP contribution < -0.4 is 5.30 Å². The molecule has 0 heterocycles. The maximum atomic E-state index is 12.7. The molecule has 0 bridgehead atoms. The Bertz CT molecular complexity index is 481. The Morgan fingerprint density at radius 2 is 1.74 bits per heavy atom. The quantitative estimate of drug-likeness (QED) is 0.732. The van der Waals surface area contributed by atoms with Crippen molar-refractivity contribution in [2.45, 2.75) is 20.0 Å². The van der Waals surface area contributed by atoms with Crippen molar-refractivity contribution in [3.8, 4) is 0 Å². The average Bonchev–Trinajstić information content (AvgIpc) is 2.28. The molecule has 1 rings (SSSR count). The van der Waals surface area contributed by atoms with E-state index in [1.165, 1.54) is 6.07 Å². The Labute approximate surface area is 117 Å². The molecule has 1 aromatic rings. The molecule has 19 heavy (non-hydrogen) atoms. The van der Waals surface area contributed by atoms with Crippen LogP contribution in [0.5, 0.6) is 0 Å². The molecule has 0 radical (unpaired) electrons. The van der Waals surface area contributed by atoms with E-state index in [1.807, 2.05) is 0 Å². The van der Waals surface area contributed by atoms with Gasteiger partial charge in [-0.15, -0.1) is 0 Å². The first-order valence-corrected chi connectivity index (χ1v) is 7.84. The first-order valence-electron chi connectivity index (χ1n) is 5.51. The van der Waals surface area contributed by atoms with Crippen LogP contribution >= 0.6 is 23.5 Å². The fourth-order valence-corrected chi connectivity index (χ4v) is 3.98. The summed E-state index contributed by atoms with van der Waals surface area (Å²) in [6.45, 7) is 3.32. The summed E-state index contributed by atoms with van der Waals surface area (Å²) in [5, 5.41) is -0.119. The van der Waals surface area contributed by atoms with E-state index >= 15 is 0 Å². The van der Waals surface area contributed by atoms with Gasteiger partial charge in [0.1, 0.15) is 0 Å². The van der Waals surface area contributed by atoms with Crippen molar-refractivity contribution in [1.29, 1.82) is 0 Å². The zero-order valence-corrected chi connectivity index (χ0v) is 12.8. The zero-order chi connectivity index (χ0) is 14.7. The third-order valence-electron chi connectivity index (χ3n) is 2.17. The van der Waals surface area contributed by atoms with E-state index < -0.39 is 19.3 Å². The molecule has 1 aromatic carbocycles. The van der Waals surface area contributed by atoms with Crippen molar-refractivity contribution in [2.24, 2.45) is 0 Å². The molecule has 0 aliphatic rings. The van der Waals surface area contributed by atoms with Crippen LogP contribution in [0, 0.1) is 0 Å². The smallest absolute Gasteiger partial charge is 0.305 e. The predicted octanol–water partition coefficient (Wildman–Crippen LogP) is 4.36. The molecule has 0 fully saturated rings. The second-order valence-electron chi connectivity index (χ2n) is 3.50. The lowest BCUT2D eigenvalue weighted by Gasteiger charge is -2.19. The van der Waals surface area contributed by atoms with Crippen molar-refractivity contribution < 1.29 is 26.8 Å². The van der Waals surface area contributed by atoms with E-state index in [4.69, 9.17) is 9.05 Å². The topological polar surface area (TPSA) is 35.5 Å². The van der Waals surface area contributed by atoms with Gasteiger partial charge in [0.25, 0.3) is 0 Å². The molecular formula is C11H13BrF3O3P. The van der Waals surface area contributed by atoms with Crippen LogP contribution in [0.4, 0.5) is 13.2 Å². The monoisotopic (exact) mass is 360 g/mol. The van der Waals surface area contributed by atoms with Gasteiger partial charge in [-0.2, -0.15) is 13.2 Å². The Balaban J connectivity index is 3.34. The SMILES string of the molecule is CCOP(=O)(OCC)c1cc(C(F)(F)F)ccc1Br. The highest BCUT2D eigenvalue weighted by atomic mass is 79.9. The molecule has 0 saturated heterocycles. The van der Waals surface area contributed by atoms with Crippen molar-refractivity contribution >= 4 is 28.8 Å². The fourth-order valence-electron chi connectivity index (χ4n) is 1.42. The summed E-state index contributed by atoms with van der Waals surface area (Å²) in [7, 11) is -3.75. The minimum absolute atomic E-state index is 0.0694. The normalized spacial score (nSPS) is 12.7. The van der Waals surface area contributed by atoms with E-state index in [-0.39, 0.29) is 23.0 Å². The molecule has 0 N–H and O–H groups in total. The first-order chi connectivity index (χ1) is 8.74. The third kappa shape index (κ3) is 4.05. The van der Waals surface area contributed by atoms with Crippen molar-refractivity contribution in [3.63, 3.8) is 0 Å². The minimum atomic E-state index is -4.52. The molecule has 0 aromatic heterocycles. The van der Waals surface area contributed by atoms with E-state index in [0.29, 0.717) is 0 Å². The van der Waals surface area contributed by atoms with Gasteiger partial charge in [-0.1, -0.05) is 0 Å². The molecule has 0 spiro atoms. The van der Waals surface area contributed by atoms with Crippen molar-refractivity contribution in [2.75, 3.05) is 13.2 Å². The molecule has 3 nitrogen and oxygen atoms in total. The highest BCUT2D eigenvalue weighted by Crippen LogP contribution is 2.49. The van der Waals surface area contributed by atoms with Crippen LogP contribution in [0.15, 0.2) is 22.7 Å². The van der Waals surface area contributed by atoms with Crippen LogP contribution in [0.25, 0.3) is 0 Å². The molecule has 0 atom stereocenters. The van der Waals surface area contributed by atoms with Crippen LogP contribution in [-0.4, -0.2) is 13.2 Å². The fraction of sp³-hybridized carbons (Fsp3) is 0.455. The van der Waals surface area contributed by atoms with E-state index in [9.17, 15) is 17.7 Å². The molecule has 0 amide bonds. The van der Waals surface area contributed by atoms with Crippen molar-refractivity contribution in [1.82, 2.24) is 0 Å². The largest absolute Gasteiger partial charge is 0.416 e. The summed E-state index contributed by atoms with van der Waals surface area (Å²) in [4.78, 5) is 0. The van der Waals surface area contributed by atoms with E-state index in [2.05, 4.69) is 15.9 Å². The second kappa shape index (κ2) is 6.39. The van der Waals surface area contributed by atoms with Crippen LogP contribution in [0.2, 0.25) is 0 Å². The molecular weight excluding hydrogens is 348 g/mol. The summed E-state index contributed by atoms with van der Waals surface area (Å²) < 4.78 is 60.8. The number of rotatable bonds is 5. The van der Waals surface area contributed by atoms with Crippen molar-refractivity contribution in [3.05, 3.63) is 28.2 Å². The lowest BCUT2D eigenvalue weighted by Crippen LogP contribution is -2.16. The van der Waals surface area contributed by atoms with Gasteiger partial charge in [0.2, 0.25) is 0 Å². The van der Waals surface area contributed by atoms with Crippen LogP contribution in [0.3, 0.4) is 0 Å². The summed E-state index contributed by atoms with van der Waals surface area (Å²) in [5.74, 6) is 0. The van der Waals surface area contributed by atoms with E-state index in [0.717, 1.165) is 12.1 Å². The lowest BCUT2D eigenvalue weighted by molar-refractivity contribution is -0.137. The minimum Gasteiger partial charge on any atom is -0.305 e. The predicted molar refractivity (Wildman–Crippen MR) is 69.6 cm³/mol. The standard InChI is InChI=1S/C11H13BrF3O3P/c1-3-17-19(16,18-4-2)10-7-8(11(13,14)15)5-6-9(10)12/h5-7H,3-4H2,1-2H3. The summed E-state index contributed by atoms with van der Waals surface area (Å²) in [6.07, 6.45) is -4.52. The van der Waals surface area contributed by atoms with Gasteiger partial charge >= 0.3 is 13.8 Å². The number of alkyl halides is 3. The van der Waals surface area contributed by atoms with Gasteiger partial charge < -0.3 is 9.05 Å². The lowest BCUT2D eigenvalue weighted by atomic mass is 10.2. The number of halogens is 4. The maximum absolute atomic E-state index is 12.7.